The van der Waals surface area contributed by atoms with Crippen molar-refractivity contribution < 1.29 is 14.6 Å². The van der Waals surface area contributed by atoms with Crippen molar-refractivity contribution in [3.05, 3.63) is 48.0 Å². The molecule has 21 heavy (non-hydrogen) atoms. The third kappa shape index (κ3) is 3.05. The zero-order valence-corrected chi connectivity index (χ0v) is 12.0. The normalized spacial score (nSPS) is 14.5. The molecule has 1 atom stereocenters. The predicted octanol–water partition coefficient (Wildman–Crippen LogP) is 3.73. The van der Waals surface area contributed by atoms with Crippen LogP contribution in [0.4, 0.5) is 5.69 Å². The molecule has 1 unspecified atom stereocenters. The maximum atomic E-state index is 9.38. The van der Waals surface area contributed by atoms with Gasteiger partial charge in [0.05, 0.1) is 6.04 Å². The van der Waals surface area contributed by atoms with Crippen molar-refractivity contribution in [1.29, 1.82) is 0 Å². The summed E-state index contributed by atoms with van der Waals surface area (Å²) in [6, 6.07) is 13.4. The molecular formula is C17H19NO3. The molecule has 0 amide bonds. The Bertz CT molecular complexity index is 610. The highest BCUT2D eigenvalue weighted by Crippen LogP contribution is 2.34. The third-order valence-corrected chi connectivity index (χ3v) is 3.59. The van der Waals surface area contributed by atoms with Crippen LogP contribution >= 0.6 is 0 Å². The van der Waals surface area contributed by atoms with Crippen molar-refractivity contribution in [3.8, 4) is 17.2 Å². The summed E-state index contributed by atoms with van der Waals surface area (Å²) >= 11 is 0. The second kappa shape index (κ2) is 5.95. The van der Waals surface area contributed by atoms with Crippen LogP contribution in [0.3, 0.4) is 0 Å². The Balaban J connectivity index is 1.79. The quantitative estimate of drug-likeness (QED) is 0.898. The molecule has 0 aromatic heterocycles. The number of aromatic hydroxyl groups is 1. The van der Waals surface area contributed by atoms with Gasteiger partial charge < -0.3 is 19.9 Å². The molecule has 0 spiro atoms. The molecule has 110 valence electrons. The molecule has 0 fully saturated rings. The Morgan fingerprint density at radius 2 is 1.76 bits per heavy atom. The average molecular weight is 285 g/mol. The highest BCUT2D eigenvalue weighted by molar-refractivity contribution is 5.56. The number of phenolic OH excluding ortho intramolecular Hbond substituents is 1. The highest BCUT2D eigenvalue weighted by Gasteiger charge is 2.14. The van der Waals surface area contributed by atoms with E-state index in [4.69, 9.17) is 9.47 Å². The molecule has 1 heterocycles. The zero-order valence-electron chi connectivity index (χ0n) is 12.0. The van der Waals surface area contributed by atoms with Gasteiger partial charge in [0.25, 0.3) is 0 Å². The SMILES string of the molecule is CCC(Nc1ccc2c(c1)OCCO2)c1ccc(O)cc1. The zero-order chi connectivity index (χ0) is 14.7. The summed E-state index contributed by atoms with van der Waals surface area (Å²) in [6.07, 6.45) is 0.944. The van der Waals surface area contributed by atoms with Crippen LogP contribution in [0.25, 0.3) is 0 Å². The molecule has 0 aliphatic carbocycles. The third-order valence-electron chi connectivity index (χ3n) is 3.59. The predicted molar refractivity (Wildman–Crippen MR) is 82.2 cm³/mol. The Hall–Kier alpha value is -2.36. The molecule has 0 radical (unpaired) electrons. The van der Waals surface area contributed by atoms with Gasteiger partial charge >= 0.3 is 0 Å². The van der Waals surface area contributed by atoms with Crippen LogP contribution in [0.15, 0.2) is 42.5 Å². The van der Waals surface area contributed by atoms with Crippen molar-refractivity contribution in [3.63, 3.8) is 0 Å². The molecule has 2 aromatic rings. The van der Waals surface area contributed by atoms with Gasteiger partial charge in [0.1, 0.15) is 19.0 Å². The number of fused-ring (bicyclic) bond motifs is 1. The number of rotatable bonds is 4. The first-order valence-corrected chi connectivity index (χ1v) is 7.21. The number of phenols is 1. The van der Waals surface area contributed by atoms with Gasteiger partial charge in [0.2, 0.25) is 0 Å². The molecular weight excluding hydrogens is 266 g/mol. The maximum absolute atomic E-state index is 9.38. The van der Waals surface area contributed by atoms with Crippen molar-refractivity contribution in [2.45, 2.75) is 19.4 Å². The number of anilines is 1. The number of nitrogens with one attached hydrogen (secondary N) is 1. The number of hydrogen-bond donors (Lipinski definition) is 2. The molecule has 2 aromatic carbocycles. The molecule has 0 saturated carbocycles. The van der Waals surface area contributed by atoms with Crippen LogP contribution < -0.4 is 14.8 Å². The standard InChI is InChI=1S/C17H19NO3/c1-2-15(12-3-6-14(19)7-4-12)18-13-5-8-16-17(11-13)21-10-9-20-16/h3-8,11,15,18-19H,2,9-10H2,1H3. The lowest BCUT2D eigenvalue weighted by Gasteiger charge is -2.22. The van der Waals surface area contributed by atoms with Gasteiger partial charge in [0, 0.05) is 11.8 Å². The summed E-state index contributed by atoms with van der Waals surface area (Å²) in [6.45, 7) is 3.32. The molecule has 1 aliphatic rings. The smallest absolute Gasteiger partial charge is 0.163 e. The molecule has 3 rings (SSSR count). The maximum Gasteiger partial charge on any atom is 0.163 e. The fraction of sp³-hybridized carbons (Fsp3) is 0.294. The van der Waals surface area contributed by atoms with Crippen molar-refractivity contribution in [2.24, 2.45) is 0 Å². The second-order valence-corrected chi connectivity index (χ2v) is 5.06. The van der Waals surface area contributed by atoms with Crippen molar-refractivity contribution in [2.75, 3.05) is 18.5 Å². The Morgan fingerprint density at radius 3 is 2.48 bits per heavy atom. The molecule has 2 N–H and O–H groups in total. The molecule has 4 heteroatoms. The summed E-state index contributed by atoms with van der Waals surface area (Å²) < 4.78 is 11.1. The number of ether oxygens (including phenoxy) is 2. The first-order valence-electron chi connectivity index (χ1n) is 7.21. The minimum atomic E-state index is 0.188. The Labute approximate surface area is 124 Å². The van der Waals surface area contributed by atoms with E-state index >= 15 is 0 Å². The fourth-order valence-electron chi connectivity index (χ4n) is 2.46. The van der Waals surface area contributed by atoms with Crippen LogP contribution in [-0.2, 0) is 0 Å². The van der Waals surface area contributed by atoms with Gasteiger partial charge in [-0.05, 0) is 36.2 Å². The largest absolute Gasteiger partial charge is 0.508 e. The topological polar surface area (TPSA) is 50.7 Å². The van der Waals surface area contributed by atoms with Crippen LogP contribution in [0.2, 0.25) is 0 Å². The van der Waals surface area contributed by atoms with Gasteiger partial charge in [-0.25, -0.2) is 0 Å². The minimum absolute atomic E-state index is 0.188. The lowest BCUT2D eigenvalue weighted by Crippen LogP contribution is -2.16. The van der Waals surface area contributed by atoms with Crippen molar-refractivity contribution >= 4 is 5.69 Å². The molecule has 0 saturated heterocycles. The van der Waals surface area contributed by atoms with Gasteiger partial charge in [0.15, 0.2) is 11.5 Å². The highest BCUT2D eigenvalue weighted by atomic mass is 16.6. The minimum Gasteiger partial charge on any atom is -0.508 e. The monoisotopic (exact) mass is 285 g/mol. The van der Waals surface area contributed by atoms with Crippen LogP contribution in [0.1, 0.15) is 24.9 Å². The second-order valence-electron chi connectivity index (χ2n) is 5.06. The Morgan fingerprint density at radius 1 is 1.05 bits per heavy atom. The summed E-state index contributed by atoms with van der Waals surface area (Å²) in [4.78, 5) is 0. The first-order chi connectivity index (χ1) is 10.3. The van der Waals surface area contributed by atoms with Gasteiger partial charge in [-0.1, -0.05) is 19.1 Å². The van der Waals surface area contributed by atoms with E-state index in [0.29, 0.717) is 13.2 Å². The van der Waals surface area contributed by atoms with E-state index in [2.05, 4.69) is 12.2 Å². The van der Waals surface area contributed by atoms with E-state index < -0.39 is 0 Å². The van der Waals surface area contributed by atoms with Crippen LogP contribution in [-0.4, -0.2) is 18.3 Å². The van der Waals surface area contributed by atoms with Gasteiger partial charge in [-0.3, -0.25) is 0 Å². The van der Waals surface area contributed by atoms with Gasteiger partial charge in [-0.2, -0.15) is 0 Å². The van der Waals surface area contributed by atoms with E-state index in [9.17, 15) is 5.11 Å². The fourth-order valence-corrected chi connectivity index (χ4v) is 2.46. The summed E-state index contributed by atoms with van der Waals surface area (Å²) in [5.41, 5.74) is 2.14. The lowest BCUT2D eigenvalue weighted by molar-refractivity contribution is 0.171. The number of hydrogen-bond acceptors (Lipinski definition) is 4. The van der Waals surface area contributed by atoms with E-state index in [1.807, 2.05) is 30.3 Å². The van der Waals surface area contributed by atoms with E-state index in [0.717, 1.165) is 29.2 Å². The summed E-state index contributed by atoms with van der Waals surface area (Å²) in [7, 11) is 0. The summed E-state index contributed by atoms with van der Waals surface area (Å²) in [5.74, 6) is 1.87. The molecule has 0 bridgehead atoms. The van der Waals surface area contributed by atoms with Crippen LogP contribution in [0.5, 0.6) is 17.2 Å². The first kappa shape index (κ1) is 13.6. The number of benzene rings is 2. The Kier molecular flexibility index (Phi) is 3.86. The average Bonchev–Trinajstić information content (AvgIpc) is 2.53. The van der Waals surface area contributed by atoms with E-state index in [1.165, 1.54) is 0 Å². The van der Waals surface area contributed by atoms with E-state index in [1.54, 1.807) is 12.1 Å². The van der Waals surface area contributed by atoms with E-state index in [-0.39, 0.29) is 11.8 Å². The van der Waals surface area contributed by atoms with Gasteiger partial charge in [-0.15, -0.1) is 0 Å². The lowest BCUT2D eigenvalue weighted by atomic mass is 10.0. The van der Waals surface area contributed by atoms with Crippen LogP contribution in [0, 0.1) is 0 Å². The summed E-state index contributed by atoms with van der Waals surface area (Å²) in [5, 5.41) is 12.9. The molecule has 1 aliphatic heterocycles. The van der Waals surface area contributed by atoms with Crippen molar-refractivity contribution in [1.82, 2.24) is 0 Å². The molecule has 4 nitrogen and oxygen atoms in total.